The van der Waals surface area contributed by atoms with Crippen molar-refractivity contribution in [3.05, 3.63) is 65.9 Å². The van der Waals surface area contributed by atoms with E-state index < -0.39 is 16.1 Å². The molecule has 32 heavy (non-hydrogen) atoms. The van der Waals surface area contributed by atoms with Gasteiger partial charge in [-0.1, -0.05) is 35.9 Å². The minimum absolute atomic E-state index is 0.0704. The Hall–Kier alpha value is -2.52. The third kappa shape index (κ3) is 4.78. The summed E-state index contributed by atoms with van der Waals surface area (Å²) in [6, 6.07) is 14.2. The second-order valence-electron chi connectivity index (χ2n) is 8.30. The molecule has 0 amide bonds. The Bertz CT molecular complexity index is 1180. The van der Waals surface area contributed by atoms with Crippen molar-refractivity contribution in [1.82, 2.24) is 8.87 Å². The van der Waals surface area contributed by atoms with E-state index in [1.807, 2.05) is 31.2 Å². The Labute approximate surface area is 188 Å². The van der Waals surface area contributed by atoms with Gasteiger partial charge in [0.05, 0.1) is 17.1 Å². The van der Waals surface area contributed by atoms with Crippen LogP contribution in [0.4, 0.5) is 0 Å². The fraction of sp³-hybridized carbons (Fsp3) is 0.375. The van der Waals surface area contributed by atoms with Crippen LogP contribution < -0.4 is 0 Å². The lowest BCUT2D eigenvalue weighted by atomic mass is 10.2. The Morgan fingerprint density at radius 1 is 1.22 bits per heavy atom. The molecule has 0 aliphatic carbocycles. The molecule has 1 aromatic heterocycles. The van der Waals surface area contributed by atoms with E-state index in [2.05, 4.69) is 0 Å². The van der Waals surface area contributed by atoms with Crippen LogP contribution in [0.3, 0.4) is 0 Å². The van der Waals surface area contributed by atoms with Gasteiger partial charge in [0.15, 0.2) is 6.29 Å². The average molecular weight is 457 g/mol. The van der Waals surface area contributed by atoms with Gasteiger partial charge >= 0.3 is 0 Å². The molecule has 2 unspecified atom stereocenters. The van der Waals surface area contributed by atoms with E-state index in [1.54, 1.807) is 35.0 Å². The predicted octanol–water partition coefficient (Wildman–Crippen LogP) is 2.99. The SMILES string of the molecule is Cc1ccc(S(=O)(=O)N(CC(O)Cn2cc(C=O)c3ccccc32)CC2CCCO2)cc1. The Morgan fingerprint density at radius 3 is 2.66 bits per heavy atom. The molecule has 1 aliphatic heterocycles. The molecular formula is C24H28N2O5S. The van der Waals surface area contributed by atoms with Crippen molar-refractivity contribution in [2.45, 2.75) is 43.4 Å². The number of aliphatic hydroxyl groups is 1. The molecule has 2 heterocycles. The van der Waals surface area contributed by atoms with Gasteiger partial charge in [-0.15, -0.1) is 0 Å². The number of hydrogen-bond donors (Lipinski definition) is 1. The number of aryl methyl sites for hydroxylation is 1. The van der Waals surface area contributed by atoms with Gasteiger partial charge in [-0.3, -0.25) is 4.79 Å². The molecule has 8 heteroatoms. The van der Waals surface area contributed by atoms with Crippen molar-refractivity contribution in [2.24, 2.45) is 0 Å². The summed E-state index contributed by atoms with van der Waals surface area (Å²) in [5.41, 5.74) is 2.33. The molecule has 2 aromatic carbocycles. The van der Waals surface area contributed by atoms with Crippen molar-refractivity contribution < 1.29 is 23.1 Å². The lowest BCUT2D eigenvalue weighted by Gasteiger charge is -2.27. The maximum Gasteiger partial charge on any atom is 0.243 e. The summed E-state index contributed by atoms with van der Waals surface area (Å²) < 4.78 is 35.6. The van der Waals surface area contributed by atoms with Crippen LogP contribution in [-0.4, -0.2) is 60.6 Å². The van der Waals surface area contributed by atoms with E-state index in [1.165, 1.54) is 4.31 Å². The summed E-state index contributed by atoms with van der Waals surface area (Å²) in [5, 5.41) is 11.7. The number of para-hydroxylation sites is 1. The fourth-order valence-corrected chi connectivity index (χ4v) is 5.69. The summed E-state index contributed by atoms with van der Waals surface area (Å²) in [7, 11) is -3.81. The van der Waals surface area contributed by atoms with Gasteiger partial charge in [-0.25, -0.2) is 8.42 Å². The molecule has 0 radical (unpaired) electrons. The van der Waals surface area contributed by atoms with Gasteiger partial charge in [-0.05, 0) is 38.0 Å². The van der Waals surface area contributed by atoms with Crippen LogP contribution in [-0.2, 0) is 21.3 Å². The Balaban J connectivity index is 1.58. The molecule has 170 valence electrons. The standard InChI is InChI=1S/C24H28N2O5S/c1-18-8-10-22(11-9-18)32(29,30)26(16-21-5-4-12-31-21)15-20(28)14-25-13-19(17-27)23-6-2-3-7-24(23)25/h2-3,6-11,13,17,20-21,28H,4-5,12,14-16H2,1H3. The van der Waals surface area contributed by atoms with E-state index in [4.69, 9.17) is 4.74 Å². The summed E-state index contributed by atoms with van der Waals surface area (Å²) in [6.07, 6.45) is 3.02. The van der Waals surface area contributed by atoms with Crippen LogP contribution in [0.5, 0.6) is 0 Å². The second kappa shape index (κ2) is 9.54. The molecule has 0 bridgehead atoms. The highest BCUT2D eigenvalue weighted by Crippen LogP contribution is 2.23. The van der Waals surface area contributed by atoms with Crippen molar-refractivity contribution in [2.75, 3.05) is 19.7 Å². The predicted molar refractivity (Wildman–Crippen MR) is 122 cm³/mol. The molecule has 4 rings (SSSR count). The van der Waals surface area contributed by atoms with Gasteiger partial charge < -0.3 is 14.4 Å². The van der Waals surface area contributed by atoms with Crippen molar-refractivity contribution in [1.29, 1.82) is 0 Å². The summed E-state index contributed by atoms with van der Waals surface area (Å²) in [5.74, 6) is 0. The molecule has 7 nitrogen and oxygen atoms in total. The number of nitrogens with zero attached hydrogens (tertiary/aromatic N) is 2. The molecule has 0 saturated carbocycles. The van der Waals surface area contributed by atoms with Crippen molar-refractivity contribution >= 4 is 27.2 Å². The summed E-state index contributed by atoms with van der Waals surface area (Å²) in [4.78, 5) is 11.6. The first-order chi connectivity index (χ1) is 15.4. The van der Waals surface area contributed by atoms with Crippen molar-refractivity contribution in [3.8, 4) is 0 Å². The highest BCUT2D eigenvalue weighted by Gasteiger charge is 2.31. The highest BCUT2D eigenvalue weighted by molar-refractivity contribution is 7.89. The largest absolute Gasteiger partial charge is 0.390 e. The van der Waals surface area contributed by atoms with E-state index in [0.717, 1.165) is 35.6 Å². The van der Waals surface area contributed by atoms with E-state index in [-0.39, 0.29) is 30.6 Å². The topological polar surface area (TPSA) is 88.8 Å². The first-order valence-electron chi connectivity index (χ1n) is 10.8. The molecule has 1 aliphatic rings. The van der Waals surface area contributed by atoms with Gasteiger partial charge in [-0.2, -0.15) is 4.31 Å². The highest BCUT2D eigenvalue weighted by atomic mass is 32.2. The number of benzene rings is 2. The number of rotatable bonds is 9. The van der Waals surface area contributed by atoms with Gasteiger partial charge in [0.2, 0.25) is 10.0 Å². The van der Waals surface area contributed by atoms with Gasteiger partial charge in [0, 0.05) is 48.9 Å². The number of hydrogen-bond acceptors (Lipinski definition) is 5. The van der Waals surface area contributed by atoms with Crippen LogP contribution in [0.25, 0.3) is 10.9 Å². The van der Waals surface area contributed by atoms with Crippen LogP contribution in [0.15, 0.2) is 59.6 Å². The molecule has 3 aromatic rings. The van der Waals surface area contributed by atoms with Crippen molar-refractivity contribution in [3.63, 3.8) is 0 Å². The number of aromatic nitrogens is 1. The molecule has 1 N–H and O–H groups in total. The third-order valence-corrected chi connectivity index (χ3v) is 7.70. The van der Waals surface area contributed by atoms with Gasteiger partial charge in [0.25, 0.3) is 0 Å². The number of carbonyl (C=O) groups is 1. The quantitative estimate of drug-likeness (QED) is 0.500. The number of aliphatic hydroxyl groups excluding tert-OH is 1. The number of carbonyl (C=O) groups excluding carboxylic acids is 1. The molecule has 0 spiro atoms. The Morgan fingerprint density at radius 2 is 1.97 bits per heavy atom. The number of fused-ring (bicyclic) bond motifs is 1. The minimum Gasteiger partial charge on any atom is -0.390 e. The molecule has 1 saturated heterocycles. The Kier molecular flexibility index (Phi) is 6.76. The first-order valence-corrected chi connectivity index (χ1v) is 12.2. The molecular weight excluding hydrogens is 428 g/mol. The van der Waals surface area contributed by atoms with Crippen LogP contribution >= 0.6 is 0 Å². The first kappa shape index (κ1) is 22.7. The number of aldehydes is 1. The zero-order valence-electron chi connectivity index (χ0n) is 18.1. The summed E-state index contributed by atoms with van der Waals surface area (Å²) >= 11 is 0. The van der Waals surface area contributed by atoms with E-state index in [0.29, 0.717) is 12.2 Å². The number of sulfonamides is 1. The van der Waals surface area contributed by atoms with E-state index >= 15 is 0 Å². The van der Waals surface area contributed by atoms with Crippen LogP contribution in [0, 0.1) is 6.92 Å². The third-order valence-electron chi connectivity index (χ3n) is 5.86. The van der Waals surface area contributed by atoms with Crippen LogP contribution in [0.1, 0.15) is 28.8 Å². The smallest absolute Gasteiger partial charge is 0.243 e. The van der Waals surface area contributed by atoms with Gasteiger partial charge in [0.1, 0.15) is 0 Å². The second-order valence-corrected chi connectivity index (χ2v) is 10.2. The molecule has 1 fully saturated rings. The average Bonchev–Trinajstić information content (AvgIpc) is 3.41. The van der Waals surface area contributed by atoms with E-state index in [9.17, 15) is 18.3 Å². The molecule has 2 atom stereocenters. The van der Waals surface area contributed by atoms with Crippen LogP contribution in [0.2, 0.25) is 0 Å². The lowest BCUT2D eigenvalue weighted by molar-refractivity contribution is 0.0748. The maximum absolute atomic E-state index is 13.4. The summed E-state index contributed by atoms with van der Waals surface area (Å²) in [6.45, 7) is 2.81. The monoisotopic (exact) mass is 456 g/mol. The zero-order valence-corrected chi connectivity index (χ0v) is 18.9. The fourth-order valence-electron chi connectivity index (χ4n) is 4.19. The zero-order chi connectivity index (χ0) is 22.7. The number of ether oxygens (including phenoxy) is 1. The lowest BCUT2D eigenvalue weighted by Crippen LogP contribution is -2.43. The maximum atomic E-state index is 13.4. The minimum atomic E-state index is -3.81. The normalized spacial score (nSPS) is 17.8.